The number of benzene rings is 1. The molecule has 0 N–H and O–H groups in total. The standard InChI is InChI=1S/C14H13NO3/c1-17-12-7-6-10(9-13(12)18-2)14(16)11-5-3-4-8-15-11/h3-9H,1-2H3. The summed E-state index contributed by atoms with van der Waals surface area (Å²) >= 11 is 0. The molecule has 0 radical (unpaired) electrons. The van der Waals surface area contributed by atoms with Gasteiger partial charge in [-0.05, 0) is 30.3 Å². The maximum Gasteiger partial charge on any atom is 0.211 e. The van der Waals surface area contributed by atoms with Crippen molar-refractivity contribution in [2.45, 2.75) is 0 Å². The lowest BCUT2D eigenvalue weighted by atomic mass is 10.1. The van der Waals surface area contributed by atoms with Gasteiger partial charge in [0, 0.05) is 11.8 Å². The van der Waals surface area contributed by atoms with E-state index >= 15 is 0 Å². The van der Waals surface area contributed by atoms with Crippen molar-refractivity contribution in [3.63, 3.8) is 0 Å². The fourth-order valence-corrected chi connectivity index (χ4v) is 1.62. The molecule has 0 atom stereocenters. The molecule has 4 heteroatoms. The molecule has 0 aliphatic rings. The molecule has 92 valence electrons. The van der Waals surface area contributed by atoms with Gasteiger partial charge in [-0.2, -0.15) is 0 Å². The Morgan fingerprint density at radius 3 is 2.44 bits per heavy atom. The highest BCUT2D eigenvalue weighted by Crippen LogP contribution is 2.28. The van der Waals surface area contributed by atoms with Crippen molar-refractivity contribution in [1.82, 2.24) is 4.98 Å². The lowest BCUT2D eigenvalue weighted by molar-refractivity contribution is 0.103. The van der Waals surface area contributed by atoms with Crippen LogP contribution in [0.25, 0.3) is 0 Å². The molecule has 0 saturated carbocycles. The first-order valence-electron chi connectivity index (χ1n) is 5.44. The first-order valence-corrected chi connectivity index (χ1v) is 5.44. The number of hydrogen-bond donors (Lipinski definition) is 0. The first kappa shape index (κ1) is 12.1. The molecular weight excluding hydrogens is 230 g/mol. The average Bonchev–Trinajstić information content (AvgIpc) is 2.46. The van der Waals surface area contributed by atoms with Gasteiger partial charge in [-0.25, -0.2) is 0 Å². The molecule has 1 aromatic carbocycles. The van der Waals surface area contributed by atoms with Gasteiger partial charge in [0.25, 0.3) is 0 Å². The summed E-state index contributed by atoms with van der Waals surface area (Å²) in [6.07, 6.45) is 1.59. The van der Waals surface area contributed by atoms with Crippen molar-refractivity contribution in [2.75, 3.05) is 14.2 Å². The maximum absolute atomic E-state index is 12.2. The fraction of sp³-hybridized carbons (Fsp3) is 0.143. The molecule has 0 spiro atoms. The second-order valence-electron chi connectivity index (χ2n) is 3.61. The molecule has 0 amide bonds. The van der Waals surface area contributed by atoms with Crippen molar-refractivity contribution in [1.29, 1.82) is 0 Å². The Hall–Kier alpha value is -2.36. The van der Waals surface area contributed by atoms with Gasteiger partial charge in [0.2, 0.25) is 5.78 Å². The van der Waals surface area contributed by atoms with E-state index in [2.05, 4.69) is 4.98 Å². The Balaban J connectivity index is 2.37. The molecule has 0 unspecified atom stereocenters. The van der Waals surface area contributed by atoms with E-state index in [-0.39, 0.29) is 5.78 Å². The minimum atomic E-state index is -0.142. The zero-order chi connectivity index (χ0) is 13.0. The Kier molecular flexibility index (Phi) is 3.57. The van der Waals surface area contributed by atoms with Crippen LogP contribution in [0.4, 0.5) is 0 Å². The average molecular weight is 243 g/mol. The van der Waals surface area contributed by atoms with Crippen molar-refractivity contribution in [3.05, 3.63) is 53.9 Å². The summed E-state index contributed by atoms with van der Waals surface area (Å²) in [4.78, 5) is 16.2. The third kappa shape index (κ3) is 2.32. The summed E-state index contributed by atoms with van der Waals surface area (Å²) in [6.45, 7) is 0. The van der Waals surface area contributed by atoms with Gasteiger partial charge in [-0.1, -0.05) is 6.07 Å². The number of hydrogen-bond acceptors (Lipinski definition) is 4. The monoisotopic (exact) mass is 243 g/mol. The number of methoxy groups -OCH3 is 2. The SMILES string of the molecule is COc1ccc(C(=O)c2ccccn2)cc1OC. The highest BCUT2D eigenvalue weighted by atomic mass is 16.5. The van der Waals surface area contributed by atoms with Gasteiger partial charge in [0.1, 0.15) is 5.69 Å². The lowest BCUT2D eigenvalue weighted by Crippen LogP contribution is -2.04. The quantitative estimate of drug-likeness (QED) is 0.773. The van der Waals surface area contributed by atoms with Crippen LogP contribution in [0, 0.1) is 0 Å². The normalized spacial score (nSPS) is 9.89. The molecule has 1 heterocycles. The molecule has 0 saturated heterocycles. The Bertz CT molecular complexity index is 552. The topological polar surface area (TPSA) is 48.4 Å². The van der Waals surface area contributed by atoms with Crippen molar-refractivity contribution in [3.8, 4) is 11.5 Å². The third-order valence-corrected chi connectivity index (χ3v) is 2.54. The minimum Gasteiger partial charge on any atom is -0.493 e. The van der Waals surface area contributed by atoms with Crippen LogP contribution in [0.3, 0.4) is 0 Å². The van der Waals surface area contributed by atoms with Crippen LogP contribution >= 0.6 is 0 Å². The molecule has 0 fully saturated rings. The number of aromatic nitrogens is 1. The minimum absolute atomic E-state index is 0.142. The summed E-state index contributed by atoms with van der Waals surface area (Å²) in [7, 11) is 3.09. The van der Waals surface area contributed by atoms with E-state index < -0.39 is 0 Å². The maximum atomic E-state index is 12.2. The van der Waals surface area contributed by atoms with Gasteiger partial charge in [-0.3, -0.25) is 9.78 Å². The zero-order valence-electron chi connectivity index (χ0n) is 10.2. The second-order valence-corrected chi connectivity index (χ2v) is 3.61. The smallest absolute Gasteiger partial charge is 0.211 e. The number of ether oxygens (including phenoxy) is 2. The van der Waals surface area contributed by atoms with Gasteiger partial charge in [0.05, 0.1) is 14.2 Å². The summed E-state index contributed by atoms with van der Waals surface area (Å²) < 4.78 is 10.3. The predicted octanol–water partition coefficient (Wildman–Crippen LogP) is 2.33. The van der Waals surface area contributed by atoms with Crippen LogP contribution in [0.2, 0.25) is 0 Å². The van der Waals surface area contributed by atoms with Crippen LogP contribution < -0.4 is 9.47 Å². The number of carbonyl (C=O) groups is 1. The summed E-state index contributed by atoms with van der Waals surface area (Å²) in [5.74, 6) is 0.978. The molecule has 2 rings (SSSR count). The van der Waals surface area contributed by atoms with Crippen LogP contribution in [0.1, 0.15) is 16.1 Å². The van der Waals surface area contributed by atoms with Gasteiger partial charge >= 0.3 is 0 Å². The molecule has 4 nitrogen and oxygen atoms in total. The highest BCUT2D eigenvalue weighted by molar-refractivity contribution is 6.08. The Morgan fingerprint density at radius 1 is 1.06 bits per heavy atom. The molecule has 0 aliphatic carbocycles. The number of pyridine rings is 1. The summed E-state index contributed by atoms with van der Waals surface area (Å²) in [5, 5.41) is 0. The lowest BCUT2D eigenvalue weighted by Gasteiger charge is -2.08. The highest BCUT2D eigenvalue weighted by Gasteiger charge is 2.13. The molecule has 0 bridgehead atoms. The van der Waals surface area contributed by atoms with Gasteiger partial charge < -0.3 is 9.47 Å². The number of rotatable bonds is 4. The fourth-order valence-electron chi connectivity index (χ4n) is 1.62. The Morgan fingerprint density at radius 2 is 1.83 bits per heavy atom. The largest absolute Gasteiger partial charge is 0.493 e. The van der Waals surface area contributed by atoms with E-state index in [0.717, 1.165) is 0 Å². The zero-order valence-corrected chi connectivity index (χ0v) is 10.2. The van der Waals surface area contributed by atoms with E-state index in [9.17, 15) is 4.79 Å². The molecule has 2 aromatic rings. The third-order valence-electron chi connectivity index (χ3n) is 2.54. The van der Waals surface area contributed by atoms with E-state index in [0.29, 0.717) is 22.8 Å². The van der Waals surface area contributed by atoms with Crippen LogP contribution in [-0.4, -0.2) is 25.0 Å². The van der Waals surface area contributed by atoms with E-state index in [4.69, 9.17) is 9.47 Å². The first-order chi connectivity index (χ1) is 8.76. The molecular formula is C14H13NO3. The van der Waals surface area contributed by atoms with Crippen LogP contribution in [-0.2, 0) is 0 Å². The summed E-state index contributed by atoms with van der Waals surface area (Å²) in [6, 6.07) is 10.3. The second kappa shape index (κ2) is 5.31. The van der Waals surface area contributed by atoms with Gasteiger partial charge in [0.15, 0.2) is 11.5 Å². The van der Waals surface area contributed by atoms with E-state index in [1.54, 1.807) is 49.7 Å². The van der Waals surface area contributed by atoms with Gasteiger partial charge in [-0.15, -0.1) is 0 Å². The summed E-state index contributed by atoms with van der Waals surface area (Å²) in [5.41, 5.74) is 0.927. The molecule has 0 aliphatic heterocycles. The van der Waals surface area contributed by atoms with Crippen molar-refractivity contribution < 1.29 is 14.3 Å². The number of nitrogens with zero attached hydrogens (tertiary/aromatic N) is 1. The van der Waals surface area contributed by atoms with E-state index in [1.807, 2.05) is 0 Å². The van der Waals surface area contributed by atoms with Crippen LogP contribution in [0.5, 0.6) is 11.5 Å². The van der Waals surface area contributed by atoms with Crippen molar-refractivity contribution in [2.24, 2.45) is 0 Å². The molecule has 1 aromatic heterocycles. The predicted molar refractivity (Wildman–Crippen MR) is 67.2 cm³/mol. The Labute approximate surface area is 105 Å². The van der Waals surface area contributed by atoms with Crippen molar-refractivity contribution >= 4 is 5.78 Å². The van der Waals surface area contributed by atoms with Crippen LogP contribution in [0.15, 0.2) is 42.6 Å². The van der Waals surface area contributed by atoms with E-state index in [1.165, 1.54) is 7.11 Å². The molecule has 18 heavy (non-hydrogen) atoms. The number of carbonyl (C=O) groups excluding carboxylic acids is 1. The number of ketones is 1.